The van der Waals surface area contributed by atoms with E-state index in [2.05, 4.69) is 47.2 Å². The van der Waals surface area contributed by atoms with E-state index in [1.807, 2.05) is 25.1 Å². The Balaban J connectivity index is 2.66. The highest BCUT2D eigenvalue weighted by Crippen LogP contribution is 2.29. The topological polar surface area (TPSA) is 35.8 Å². The molecule has 0 aliphatic carbocycles. The molecule has 1 unspecified atom stereocenters. The molecule has 1 rings (SSSR count). The average Bonchev–Trinajstić information content (AvgIpc) is 2.27. The van der Waals surface area contributed by atoms with Crippen LogP contribution in [0, 0.1) is 11.3 Å². The third kappa shape index (κ3) is 4.71. The lowest BCUT2D eigenvalue weighted by molar-refractivity contribution is 0.443. The van der Waals surface area contributed by atoms with Gasteiger partial charge in [0.2, 0.25) is 0 Å². The molecule has 0 amide bonds. The second-order valence-corrected chi connectivity index (χ2v) is 6.33. The molecule has 92 valence electrons. The first-order valence-electron chi connectivity index (χ1n) is 5.53. The van der Waals surface area contributed by atoms with Crippen molar-refractivity contribution in [1.82, 2.24) is 5.32 Å². The standard InChI is InChI=1S/C13H17BrN2S/c1-10(2)16-13(3,8-15)9-17-12-7-5-4-6-11(12)14/h4-7,10,16H,9H2,1-3H3. The number of benzene rings is 1. The van der Waals surface area contributed by atoms with E-state index < -0.39 is 5.54 Å². The highest BCUT2D eigenvalue weighted by atomic mass is 79.9. The number of hydrogen-bond donors (Lipinski definition) is 1. The molecule has 4 heteroatoms. The molecular weight excluding hydrogens is 296 g/mol. The maximum atomic E-state index is 9.24. The van der Waals surface area contributed by atoms with Gasteiger partial charge in [0.15, 0.2) is 0 Å². The van der Waals surface area contributed by atoms with Gasteiger partial charge in [-0.15, -0.1) is 11.8 Å². The average molecular weight is 313 g/mol. The minimum Gasteiger partial charge on any atom is -0.297 e. The smallest absolute Gasteiger partial charge is 0.113 e. The van der Waals surface area contributed by atoms with Gasteiger partial charge in [-0.05, 0) is 48.8 Å². The Bertz CT molecular complexity index is 414. The van der Waals surface area contributed by atoms with Crippen LogP contribution in [0.5, 0.6) is 0 Å². The Kier molecular flexibility index (Phi) is 5.51. The molecule has 1 aromatic rings. The summed E-state index contributed by atoms with van der Waals surface area (Å²) in [7, 11) is 0. The maximum absolute atomic E-state index is 9.24. The van der Waals surface area contributed by atoms with Crippen LogP contribution >= 0.6 is 27.7 Å². The molecule has 1 aromatic carbocycles. The predicted molar refractivity (Wildman–Crippen MR) is 77.2 cm³/mol. The third-order valence-corrected chi connectivity index (χ3v) is 4.55. The van der Waals surface area contributed by atoms with E-state index in [1.165, 1.54) is 4.90 Å². The van der Waals surface area contributed by atoms with E-state index in [0.29, 0.717) is 6.04 Å². The minimum absolute atomic E-state index is 0.305. The lowest BCUT2D eigenvalue weighted by Gasteiger charge is -2.25. The maximum Gasteiger partial charge on any atom is 0.113 e. The Hall–Kier alpha value is -0.500. The van der Waals surface area contributed by atoms with E-state index in [-0.39, 0.29) is 0 Å². The van der Waals surface area contributed by atoms with E-state index in [4.69, 9.17) is 0 Å². The molecule has 1 atom stereocenters. The molecule has 17 heavy (non-hydrogen) atoms. The van der Waals surface area contributed by atoms with Crippen molar-refractivity contribution < 1.29 is 0 Å². The molecule has 0 aromatic heterocycles. The van der Waals surface area contributed by atoms with E-state index >= 15 is 0 Å². The first-order chi connectivity index (χ1) is 7.97. The Morgan fingerprint density at radius 3 is 2.65 bits per heavy atom. The normalized spacial score (nSPS) is 14.4. The number of halogens is 1. The van der Waals surface area contributed by atoms with Crippen LogP contribution in [0.15, 0.2) is 33.6 Å². The summed E-state index contributed by atoms with van der Waals surface area (Å²) >= 11 is 5.20. The number of nitrogens with one attached hydrogen (secondary N) is 1. The lowest BCUT2D eigenvalue weighted by Crippen LogP contribution is -2.47. The summed E-state index contributed by atoms with van der Waals surface area (Å²) in [6, 6.07) is 10.7. The largest absolute Gasteiger partial charge is 0.297 e. The van der Waals surface area contributed by atoms with Crippen LogP contribution in [-0.2, 0) is 0 Å². The van der Waals surface area contributed by atoms with Gasteiger partial charge < -0.3 is 0 Å². The van der Waals surface area contributed by atoms with Crippen LogP contribution in [0.2, 0.25) is 0 Å². The van der Waals surface area contributed by atoms with Gasteiger partial charge in [0, 0.05) is 21.2 Å². The summed E-state index contributed by atoms with van der Waals surface area (Å²) in [5.41, 5.74) is -0.492. The molecule has 0 heterocycles. The molecule has 0 aliphatic heterocycles. The van der Waals surface area contributed by atoms with Crippen LogP contribution < -0.4 is 5.32 Å². The first-order valence-corrected chi connectivity index (χ1v) is 7.31. The van der Waals surface area contributed by atoms with Gasteiger partial charge in [0.1, 0.15) is 5.54 Å². The van der Waals surface area contributed by atoms with Crippen molar-refractivity contribution in [1.29, 1.82) is 5.26 Å². The zero-order chi connectivity index (χ0) is 12.9. The molecule has 0 spiro atoms. The summed E-state index contributed by atoms with van der Waals surface area (Å²) in [6.07, 6.45) is 0. The van der Waals surface area contributed by atoms with Gasteiger partial charge in [-0.1, -0.05) is 12.1 Å². The van der Waals surface area contributed by atoms with Gasteiger partial charge in [0.05, 0.1) is 6.07 Å². The predicted octanol–water partition coefficient (Wildman–Crippen LogP) is 3.82. The second-order valence-electron chi connectivity index (χ2n) is 4.46. The van der Waals surface area contributed by atoms with Crippen molar-refractivity contribution in [3.05, 3.63) is 28.7 Å². The van der Waals surface area contributed by atoms with Gasteiger partial charge in [-0.25, -0.2) is 0 Å². The third-order valence-electron chi connectivity index (χ3n) is 2.21. The van der Waals surface area contributed by atoms with Gasteiger partial charge in [-0.3, -0.25) is 5.32 Å². The van der Waals surface area contributed by atoms with Crippen molar-refractivity contribution in [3.8, 4) is 6.07 Å². The summed E-state index contributed by atoms with van der Waals surface area (Å²) in [5, 5.41) is 12.5. The van der Waals surface area contributed by atoms with E-state index in [1.54, 1.807) is 11.8 Å². The fraction of sp³-hybridized carbons (Fsp3) is 0.462. The second kappa shape index (κ2) is 6.44. The number of nitriles is 1. The van der Waals surface area contributed by atoms with Crippen LogP contribution in [0.1, 0.15) is 20.8 Å². The number of thioether (sulfide) groups is 1. The molecule has 0 fully saturated rings. The number of rotatable bonds is 5. The van der Waals surface area contributed by atoms with Crippen molar-refractivity contribution in [3.63, 3.8) is 0 Å². The van der Waals surface area contributed by atoms with Crippen molar-refractivity contribution in [2.75, 3.05) is 5.75 Å². The summed E-state index contributed by atoms with van der Waals surface area (Å²) in [6.45, 7) is 6.05. The van der Waals surface area contributed by atoms with E-state index in [9.17, 15) is 5.26 Å². The molecule has 0 radical (unpaired) electrons. The summed E-state index contributed by atoms with van der Waals surface area (Å²) < 4.78 is 1.08. The van der Waals surface area contributed by atoms with Crippen LogP contribution in [-0.4, -0.2) is 17.3 Å². The molecule has 1 N–H and O–H groups in total. The van der Waals surface area contributed by atoms with Crippen molar-refractivity contribution in [2.45, 2.75) is 37.2 Å². The molecule has 0 bridgehead atoms. The highest BCUT2D eigenvalue weighted by molar-refractivity contribution is 9.10. The molecule has 0 aliphatic rings. The Morgan fingerprint density at radius 2 is 2.12 bits per heavy atom. The minimum atomic E-state index is -0.492. The zero-order valence-corrected chi connectivity index (χ0v) is 12.7. The SMILES string of the molecule is CC(C)NC(C)(C#N)CSc1ccccc1Br. The fourth-order valence-electron chi connectivity index (χ4n) is 1.53. The molecular formula is C13H17BrN2S. The molecule has 0 saturated heterocycles. The van der Waals surface area contributed by atoms with Crippen LogP contribution in [0.25, 0.3) is 0 Å². The number of hydrogen-bond acceptors (Lipinski definition) is 3. The molecule has 0 saturated carbocycles. The van der Waals surface area contributed by atoms with Crippen molar-refractivity contribution >= 4 is 27.7 Å². The van der Waals surface area contributed by atoms with Gasteiger partial charge in [-0.2, -0.15) is 5.26 Å². The summed E-state index contributed by atoms with van der Waals surface area (Å²) in [5.74, 6) is 0.726. The first kappa shape index (κ1) is 14.6. The van der Waals surface area contributed by atoms with Gasteiger partial charge >= 0.3 is 0 Å². The fourth-order valence-corrected chi connectivity index (χ4v) is 3.13. The summed E-state index contributed by atoms with van der Waals surface area (Å²) in [4.78, 5) is 1.17. The Morgan fingerprint density at radius 1 is 1.47 bits per heavy atom. The zero-order valence-electron chi connectivity index (χ0n) is 10.3. The van der Waals surface area contributed by atoms with Crippen molar-refractivity contribution in [2.24, 2.45) is 0 Å². The van der Waals surface area contributed by atoms with Gasteiger partial charge in [0.25, 0.3) is 0 Å². The number of nitrogens with zero attached hydrogens (tertiary/aromatic N) is 1. The quantitative estimate of drug-likeness (QED) is 0.840. The lowest BCUT2D eigenvalue weighted by atomic mass is 10.1. The van der Waals surface area contributed by atoms with Crippen LogP contribution in [0.3, 0.4) is 0 Å². The monoisotopic (exact) mass is 312 g/mol. The van der Waals surface area contributed by atoms with Crippen LogP contribution in [0.4, 0.5) is 0 Å². The Labute approximate surface area is 116 Å². The van der Waals surface area contributed by atoms with E-state index in [0.717, 1.165) is 10.2 Å². The molecule has 2 nitrogen and oxygen atoms in total. The highest BCUT2D eigenvalue weighted by Gasteiger charge is 2.24.